The van der Waals surface area contributed by atoms with E-state index in [9.17, 15) is 0 Å². The third kappa shape index (κ3) is 4.24. The van der Waals surface area contributed by atoms with Crippen LogP contribution in [0.3, 0.4) is 0 Å². The van der Waals surface area contributed by atoms with Gasteiger partial charge in [0.15, 0.2) is 0 Å². The van der Waals surface area contributed by atoms with Gasteiger partial charge in [0.25, 0.3) is 0 Å². The van der Waals surface area contributed by atoms with Gasteiger partial charge in [0, 0.05) is 23.3 Å². The standard InChI is InChI=1S/C12H19NOS/c1-9(8-14-3)15-12-6-4-5-11(7-12)10(2)13/h4-7,9-10H,8,13H2,1-3H3. The molecular weight excluding hydrogens is 206 g/mol. The lowest BCUT2D eigenvalue weighted by Crippen LogP contribution is -2.06. The molecule has 0 bridgehead atoms. The molecule has 0 aliphatic rings. The van der Waals surface area contributed by atoms with E-state index in [-0.39, 0.29) is 6.04 Å². The van der Waals surface area contributed by atoms with Crippen LogP contribution in [0.15, 0.2) is 29.2 Å². The van der Waals surface area contributed by atoms with Gasteiger partial charge in [-0.1, -0.05) is 19.1 Å². The first-order valence-corrected chi connectivity index (χ1v) is 6.02. The lowest BCUT2D eigenvalue weighted by Gasteiger charge is -2.12. The number of thioether (sulfide) groups is 1. The highest BCUT2D eigenvalue weighted by atomic mass is 32.2. The Kier molecular flexibility index (Phi) is 5.15. The van der Waals surface area contributed by atoms with Crippen molar-refractivity contribution in [3.05, 3.63) is 29.8 Å². The molecule has 0 aromatic heterocycles. The van der Waals surface area contributed by atoms with Crippen molar-refractivity contribution in [1.82, 2.24) is 0 Å². The average molecular weight is 225 g/mol. The molecular formula is C12H19NOS. The summed E-state index contributed by atoms with van der Waals surface area (Å²) in [6.45, 7) is 4.93. The van der Waals surface area contributed by atoms with Crippen LogP contribution in [0, 0.1) is 0 Å². The van der Waals surface area contributed by atoms with Crippen molar-refractivity contribution in [2.45, 2.75) is 30.0 Å². The van der Waals surface area contributed by atoms with Crippen molar-refractivity contribution >= 4 is 11.8 Å². The summed E-state index contributed by atoms with van der Waals surface area (Å²) in [4.78, 5) is 1.26. The van der Waals surface area contributed by atoms with Gasteiger partial charge < -0.3 is 10.5 Å². The molecule has 2 unspecified atom stereocenters. The summed E-state index contributed by atoms with van der Waals surface area (Å²) in [5.74, 6) is 0. The molecule has 0 fully saturated rings. The fourth-order valence-corrected chi connectivity index (χ4v) is 2.40. The topological polar surface area (TPSA) is 35.2 Å². The predicted octanol–water partition coefficient (Wildman–Crippen LogP) is 2.83. The first-order chi connectivity index (χ1) is 7.13. The van der Waals surface area contributed by atoms with Crippen LogP contribution in [-0.4, -0.2) is 19.0 Å². The maximum absolute atomic E-state index is 5.84. The molecule has 2 atom stereocenters. The third-order valence-electron chi connectivity index (χ3n) is 2.12. The molecule has 2 nitrogen and oxygen atoms in total. The van der Waals surface area contributed by atoms with E-state index in [1.807, 2.05) is 18.7 Å². The molecule has 0 aliphatic carbocycles. The predicted molar refractivity (Wildman–Crippen MR) is 66.2 cm³/mol. The van der Waals surface area contributed by atoms with Crippen LogP contribution in [0.4, 0.5) is 0 Å². The fraction of sp³-hybridized carbons (Fsp3) is 0.500. The molecule has 15 heavy (non-hydrogen) atoms. The lowest BCUT2D eigenvalue weighted by molar-refractivity contribution is 0.203. The lowest BCUT2D eigenvalue weighted by atomic mass is 10.1. The summed E-state index contributed by atoms with van der Waals surface area (Å²) in [5.41, 5.74) is 7.02. The van der Waals surface area contributed by atoms with Gasteiger partial charge in [-0.3, -0.25) is 0 Å². The molecule has 0 heterocycles. The van der Waals surface area contributed by atoms with E-state index in [1.54, 1.807) is 7.11 Å². The Labute approximate surface area is 96.2 Å². The fourth-order valence-electron chi connectivity index (χ4n) is 1.37. The van der Waals surface area contributed by atoms with Crippen molar-refractivity contribution in [2.24, 2.45) is 5.73 Å². The number of hydrogen-bond acceptors (Lipinski definition) is 3. The van der Waals surface area contributed by atoms with E-state index in [0.717, 1.165) is 6.61 Å². The smallest absolute Gasteiger partial charge is 0.0582 e. The summed E-state index contributed by atoms with van der Waals surface area (Å²) in [5, 5.41) is 0.471. The first-order valence-electron chi connectivity index (χ1n) is 5.14. The molecule has 0 saturated carbocycles. The van der Waals surface area contributed by atoms with E-state index in [2.05, 4.69) is 31.2 Å². The Morgan fingerprint density at radius 2 is 2.13 bits per heavy atom. The van der Waals surface area contributed by atoms with Gasteiger partial charge in [-0.25, -0.2) is 0 Å². The van der Waals surface area contributed by atoms with Crippen molar-refractivity contribution in [3.8, 4) is 0 Å². The Balaban J connectivity index is 2.65. The van der Waals surface area contributed by atoms with Crippen LogP contribution in [0.2, 0.25) is 0 Å². The Morgan fingerprint density at radius 3 is 2.73 bits per heavy atom. The Morgan fingerprint density at radius 1 is 1.40 bits per heavy atom. The van der Waals surface area contributed by atoms with Crippen LogP contribution in [0.1, 0.15) is 25.5 Å². The molecule has 2 N–H and O–H groups in total. The summed E-state index contributed by atoms with van der Waals surface area (Å²) in [6.07, 6.45) is 0. The molecule has 84 valence electrons. The monoisotopic (exact) mass is 225 g/mol. The minimum atomic E-state index is 0.100. The van der Waals surface area contributed by atoms with Gasteiger partial charge in [-0.2, -0.15) is 0 Å². The zero-order valence-corrected chi connectivity index (χ0v) is 10.4. The number of rotatable bonds is 5. The highest BCUT2D eigenvalue weighted by Gasteiger charge is 2.05. The number of ether oxygens (including phenoxy) is 1. The zero-order chi connectivity index (χ0) is 11.3. The molecule has 1 aromatic rings. The molecule has 3 heteroatoms. The summed E-state index contributed by atoms with van der Waals surface area (Å²) < 4.78 is 5.11. The van der Waals surface area contributed by atoms with E-state index in [0.29, 0.717) is 5.25 Å². The second-order valence-corrected chi connectivity index (χ2v) is 5.26. The SMILES string of the molecule is COCC(C)Sc1cccc(C(C)N)c1. The van der Waals surface area contributed by atoms with Crippen molar-refractivity contribution in [1.29, 1.82) is 0 Å². The molecule has 0 saturated heterocycles. The quantitative estimate of drug-likeness (QED) is 0.783. The van der Waals surface area contributed by atoms with E-state index in [4.69, 9.17) is 10.5 Å². The van der Waals surface area contributed by atoms with Gasteiger partial charge in [0.2, 0.25) is 0 Å². The molecule has 0 spiro atoms. The summed E-state index contributed by atoms with van der Waals surface area (Å²) in [6, 6.07) is 8.49. The van der Waals surface area contributed by atoms with Crippen molar-refractivity contribution < 1.29 is 4.74 Å². The van der Waals surface area contributed by atoms with Gasteiger partial charge in [0.1, 0.15) is 0 Å². The maximum Gasteiger partial charge on any atom is 0.0582 e. The average Bonchev–Trinajstić information content (AvgIpc) is 2.18. The maximum atomic E-state index is 5.84. The molecule has 0 radical (unpaired) electrons. The molecule has 1 rings (SSSR count). The largest absolute Gasteiger partial charge is 0.384 e. The van der Waals surface area contributed by atoms with E-state index < -0.39 is 0 Å². The minimum absolute atomic E-state index is 0.100. The van der Waals surface area contributed by atoms with E-state index >= 15 is 0 Å². The first kappa shape index (κ1) is 12.6. The Bertz CT molecular complexity index is 301. The van der Waals surface area contributed by atoms with Crippen molar-refractivity contribution in [2.75, 3.05) is 13.7 Å². The number of nitrogens with two attached hydrogens (primary N) is 1. The number of methoxy groups -OCH3 is 1. The van der Waals surface area contributed by atoms with Gasteiger partial charge in [0.05, 0.1) is 6.61 Å². The van der Waals surface area contributed by atoms with Gasteiger partial charge >= 0.3 is 0 Å². The van der Waals surface area contributed by atoms with E-state index in [1.165, 1.54) is 10.5 Å². The van der Waals surface area contributed by atoms with Crippen LogP contribution in [0.5, 0.6) is 0 Å². The second-order valence-electron chi connectivity index (χ2n) is 3.74. The molecule has 1 aromatic carbocycles. The second kappa shape index (κ2) is 6.16. The minimum Gasteiger partial charge on any atom is -0.384 e. The molecule has 0 aliphatic heterocycles. The summed E-state index contributed by atoms with van der Waals surface area (Å²) >= 11 is 1.82. The van der Waals surface area contributed by atoms with Crippen LogP contribution >= 0.6 is 11.8 Å². The van der Waals surface area contributed by atoms with Crippen LogP contribution in [0.25, 0.3) is 0 Å². The third-order valence-corrected chi connectivity index (χ3v) is 3.19. The van der Waals surface area contributed by atoms with Gasteiger partial charge in [-0.15, -0.1) is 11.8 Å². The highest BCUT2D eigenvalue weighted by Crippen LogP contribution is 2.25. The van der Waals surface area contributed by atoms with Crippen molar-refractivity contribution in [3.63, 3.8) is 0 Å². The normalized spacial score (nSPS) is 14.9. The zero-order valence-electron chi connectivity index (χ0n) is 9.57. The number of hydrogen-bond donors (Lipinski definition) is 1. The Hall–Kier alpha value is -0.510. The molecule has 0 amide bonds. The van der Waals surface area contributed by atoms with Gasteiger partial charge in [-0.05, 0) is 24.6 Å². The van der Waals surface area contributed by atoms with Crippen LogP contribution in [-0.2, 0) is 4.74 Å². The van der Waals surface area contributed by atoms with Crippen LogP contribution < -0.4 is 5.73 Å². The number of benzene rings is 1. The summed E-state index contributed by atoms with van der Waals surface area (Å²) in [7, 11) is 1.73. The highest BCUT2D eigenvalue weighted by molar-refractivity contribution is 8.00.